The van der Waals surface area contributed by atoms with Crippen LogP contribution in [0.4, 0.5) is 17.3 Å². The quantitative estimate of drug-likeness (QED) is 0.623. The van der Waals surface area contributed by atoms with Crippen LogP contribution in [-0.4, -0.2) is 41.1 Å². The van der Waals surface area contributed by atoms with Crippen molar-refractivity contribution < 1.29 is 4.92 Å². The second kappa shape index (κ2) is 7.13. The molecule has 0 bridgehead atoms. The summed E-state index contributed by atoms with van der Waals surface area (Å²) in [6.45, 7) is 1.65. The zero-order chi connectivity index (χ0) is 17.8. The number of benzene rings is 1. The van der Waals surface area contributed by atoms with Gasteiger partial charge in [-0.25, -0.2) is 9.97 Å². The molecule has 1 aliphatic rings. The van der Waals surface area contributed by atoms with Crippen LogP contribution in [0, 0.1) is 21.4 Å². The minimum atomic E-state index is -0.483. The average Bonchev–Trinajstić information content (AvgIpc) is 2.67. The molecule has 0 spiro atoms. The van der Waals surface area contributed by atoms with Gasteiger partial charge in [-0.3, -0.25) is 10.1 Å². The minimum Gasteiger partial charge on any atom is -0.370 e. The summed E-state index contributed by atoms with van der Waals surface area (Å²) in [5.41, 5.74) is 0.984. The molecule has 0 amide bonds. The monoisotopic (exact) mass is 338 g/mol. The van der Waals surface area contributed by atoms with Gasteiger partial charge in [0.1, 0.15) is 6.07 Å². The molecule has 0 atom stereocenters. The van der Waals surface area contributed by atoms with Gasteiger partial charge in [-0.1, -0.05) is 0 Å². The van der Waals surface area contributed by atoms with E-state index in [9.17, 15) is 15.4 Å². The van der Waals surface area contributed by atoms with E-state index in [0.717, 1.165) is 37.6 Å². The Morgan fingerprint density at radius 1 is 1.32 bits per heavy atom. The Kier molecular flexibility index (Phi) is 4.75. The summed E-state index contributed by atoms with van der Waals surface area (Å²) < 4.78 is 0. The summed E-state index contributed by atoms with van der Waals surface area (Å²) in [7, 11) is 1.93. The highest BCUT2D eigenvalue weighted by Crippen LogP contribution is 2.28. The number of non-ortho nitro benzene ring substituents is 1. The molecule has 128 valence electrons. The molecule has 0 N–H and O–H groups in total. The Bertz CT molecular complexity index is 797. The van der Waals surface area contributed by atoms with E-state index in [1.807, 2.05) is 11.9 Å². The van der Waals surface area contributed by atoms with Gasteiger partial charge in [-0.15, -0.1) is 0 Å². The van der Waals surface area contributed by atoms with Gasteiger partial charge in [0.05, 0.1) is 16.2 Å². The number of hydrogen-bond donors (Lipinski definition) is 0. The Labute approximate surface area is 145 Å². The topological polar surface area (TPSA) is 99.2 Å². The van der Waals surface area contributed by atoms with Gasteiger partial charge in [0.2, 0.25) is 5.95 Å². The van der Waals surface area contributed by atoms with E-state index in [1.165, 1.54) is 12.1 Å². The molecule has 3 rings (SSSR count). The molecule has 1 aromatic carbocycles. The van der Waals surface area contributed by atoms with E-state index in [-0.39, 0.29) is 11.7 Å². The zero-order valence-corrected chi connectivity index (χ0v) is 13.9. The summed E-state index contributed by atoms with van der Waals surface area (Å²) in [4.78, 5) is 23.2. The number of nitro benzene ring substituents is 1. The zero-order valence-electron chi connectivity index (χ0n) is 13.9. The fraction of sp³-hybridized carbons (Fsp3) is 0.353. The van der Waals surface area contributed by atoms with Gasteiger partial charge in [0, 0.05) is 50.7 Å². The third-order valence-corrected chi connectivity index (χ3v) is 4.54. The van der Waals surface area contributed by atoms with Crippen molar-refractivity contribution in [2.75, 3.05) is 29.9 Å². The number of aromatic nitrogens is 2. The Hall–Kier alpha value is -3.21. The number of anilines is 2. The molecule has 0 unspecified atom stereocenters. The van der Waals surface area contributed by atoms with Crippen LogP contribution in [0.5, 0.6) is 0 Å². The molecule has 1 aliphatic heterocycles. The number of nitriles is 1. The number of rotatable bonds is 4. The summed E-state index contributed by atoms with van der Waals surface area (Å²) >= 11 is 0. The smallest absolute Gasteiger partial charge is 0.270 e. The predicted molar refractivity (Wildman–Crippen MR) is 93.5 cm³/mol. The van der Waals surface area contributed by atoms with Gasteiger partial charge in [0.25, 0.3) is 5.69 Å². The Morgan fingerprint density at radius 3 is 2.60 bits per heavy atom. The van der Waals surface area contributed by atoms with Crippen LogP contribution in [0.15, 0.2) is 36.7 Å². The molecule has 2 aromatic rings. The summed E-state index contributed by atoms with van der Waals surface area (Å²) in [5.74, 6) is 0.733. The van der Waals surface area contributed by atoms with Crippen LogP contribution in [-0.2, 0) is 0 Å². The summed E-state index contributed by atoms with van der Waals surface area (Å²) in [6.07, 6.45) is 5.26. The molecule has 1 aromatic heterocycles. The van der Waals surface area contributed by atoms with Crippen molar-refractivity contribution in [2.45, 2.75) is 18.9 Å². The van der Waals surface area contributed by atoms with Crippen molar-refractivity contribution in [1.82, 2.24) is 9.97 Å². The van der Waals surface area contributed by atoms with Crippen molar-refractivity contribution in [3.8, 4) is 6.07 Å². The molecule has 0 aliphatic carbocycles. The first-order valence-corrected chi connectivity index (χ1v) is 8.03. The lowest BCUT2D eigenvalue weighted by Gasteiger charge is -2.38. The number of nitrogens with zero attached hydrogens (tertiary/aromatic N) is 6. The van der Waals surface area contributed by atoms with Gasteiger partial charge in [-0.05, 0) is 25.0 Å². The van der Waals surface area contributed by atoms with E-state index in [4.69, 9.17) is 0 Å². The molecule has 2 heterocycles. The predicted octanol–water partition coefficient (Wildman–Crippen LogP) is 2.36. The fourth-order valence-corrected chi connectivity index (χ4v) is 3.14. The second-order valence-corrected chi connectivity index (χ2v) is 5.95. The maximum atomic E-state index is 10.9. The normalized spacial score (nSPS) is 14.8. The molecular weight excluding hydrogens is 320 g/mol. The molecule has 8 nitrogen and oxygen atoms in total. The Balaban J connectivity index is 1.72. The largest absolute Gasteiger partial charge is 0.370 e. The standard InChI is InChI=1S/C17H18N6O2/c1-21(16-4-3-15(23(24)25)11-13(16)12-18)14-5-9-22(10-6-14)17-19-7-2-8-20-17/h2-4,7-8,11,14H,5-6,9-10H2,1H3. The van der Waals surface area contributed by atoms with E-state index in [0.29, 0.717) is 5.56 Å². The van der Waals surface area contributed by atoms with Crippen molar-refractivity contribution in [1.29, 1.82) is 5.26 Å². The third kappa shape index (κ3) is 3.50. The number of hydrogen-bond acceptors (Lipinski definition) is 7. The molecule has 1 fully saturated rings. The maximum Gasteiger partial charge on any atom is 0.270 e. The molecule has 0 saturated carbocycles. The van der Waals surface area contributed by atoms with Gasteiger partial charge in [-0.2, -0.15) is 5.26 Å². The van der Waals surface area contributed by atoms with Crippen LogP contribution in [0.25, 0.3) is 0 Å². The highest BCUT2D eigenvalue weighted by Gasteiger charge is 2.25. The van der Waals surface area contributed by atoms with Crippen molar-refractivity contribution in [2.24, 2.45) is 0 Å². The first-order chi connectivity index (χ1) is 12.1. The summed E-state index contributed by atoms with van der Waals surface area (Å²) in [5, 5.41) is 20.2. The van der Waals surface area contributed by atoms with Crippen LogP contribution >= 0.6 is 0 Å². The van der Waals surface area contributed by atoms with Crippen molar-refractivity contribution >= 4 is 17.3 Å². The minimum absolute atomic E-state index is 0.0651. The lowest BCUT2D eigenvalue weighted by atomic mass is 10.0. The van der Waals surface area contributed by atoms with E-state index < -0.39 is 4.92 Å². The first kappa shape index (κ1) is 16.6. The lowest BCUT2D eigenvalue weighted by molar-refractivity contribution is -0.384. The summed E-state index contributed by atoms with van der Waals surface area (Å²) in [6, 6.07) is 8.55. The SMILES string of the molecule is CN(c1ccc([N+](=O)[O-])cc1C#N)C1CCN(c2ncccn2)CC1. The number of nitro groups is 1. The number of piperidine rings is 1. The van der Waals surface area contributed by atoms with Gasteiger partial charge in [0.15, 0.2) is 0 Å². The van der Waals surface area contributed by atoms with Gasteiger partial charge < -0.3 is 9.80 Å². The van der Waals surface area contributed by atoms with E-state index in [2.05, 4.69) is 20.9 Å². The first-order valence-electron chi connectivity index (χ1n) is 8.03. The third-order valence-electron chi connectivity index (χ3n) is 4.54. The van der Waals surface area contributed by atoms with Crippen LogP contribution < -0.4 is 9.80 Å². The molecule has 0 radical (unpaired) electrons. The highest BCUT2D eigenvalue weighted by molar-refractivity contribution is 5.63. The second-order valence-electron chi connectivity index (χ2n) is 5.95. The van der Waals surface area contributed by atoms with Crippen molar-refractivity contribution in [3.05, 3.63) is 52.3 Å². The average molecular weight is 338 g/mol. The van der Waals surface area contributed by atoms with Crippen LogP contribution in [0.3, 0.4) is 0 Å². The molecule has 25 heavy (non-hydrogen) atoms. The van der Waals surface area contributed by atoms with Crippen LogP contribution in [0.1, 0.15) is 18.4 Å². The van der Waals surface area contributed by atoms with Gasteiger partial charge >= 0.3 is 0 Å². The van der Waals surface area contributed by atoms with Crippen LogP contribution in [0.2, 0.25) is 0 Å². The van der Waals surface area contributed by atoms with Crippen molar-refractivity contribution in [3.63, 3.8) is 0 Å². The molecule has 8 heteroatoms. The maximum absolute atomic E-state index is 10.9. The fourth-order valence-electron chi connectivity index (χ4n) is 3.14. The molecular formula is C17H18N6O2. The molecule has 1 saturated heterocycles. The highest BCUT2D eigenvalue weighted by atomic mass is 16.6. The van der Waals surface area contributed by atoms with E-state index in [1.54, 1.807) is 24.5 Å². The Morgan fingerprint density at radius 2 is 2.00 bits per heavy atom. The van der Waals surface area contributed by atoms with E-state index >= 15 is 0 Å². The lowest BCUT2D eigenvalue weighted by Crippen LogP contribution is -2.44.